The van der Waals surface area contributed by atoms with Crippen LogP contribution in [0.1, 0.15) is 146 Å². The quantitative estimate of drug-likeness (QED) is 0.125. The fourth-order valence-corrected chi connectivity index (χ4v) is 14.1. The Labute approximate surface area is 389 Å². The van der Waals surface area contributed by atoms with Crippen molar-refractivity contribution in [2.45, 2.75) is 148 Å². The standard InChI is InChI=1S/C61H72N4/c1-40-22-8-10-26-45(40)52-33-20-32-47(59(52)64-55-36-16-12-28-48(55)49-29-13-17-37-56(49)64)43(4)63-61(62-42(3)44-24-6-5-7-25-44)54-35-21-34-53(46-27-11-9-23-41(46)2)60(54)65-57-38-18-14-30-50(57)51-31-15-19-39-58(51)65/h9-16,18,21,23-24,26,28-31,35-36,38,43,46-47,52-54,59-61,63H,5-8,17,19-20,22,25,27,32-34,37,39H2,1-4H3/b62-42+. The zero-order valence-corrected chi connectivity index (χ0v) is 39.7. The van der Waals surface area contributed by atoms with E-state index in [-0.39, 0.29) is 24.2 Å². The smallest absolute Gasteiger partial charge is 0.108 e. The SMILES string of the molecule is CC1=CC=CCC1C1CC=CC(C(/N=C(\C)C2=CCCCC2)NC(C)C2CCCC(C3=C(C)CCC=C3)C2n2c3c(c4ccccc42)C=CCC3)C1n1c2c(c3ccccc31)C=CCC2. The summed E-state index contributed by atoms with van der Waals surface area (Å²) in [5.74, 6) is 2.02. The molecule has 2 aromatic carbocycles. The Kier molecular flexibility index (Phi) is 12.1. The van der Waals surface area contributed by atoms with Gasteiger partial charge in [0.1, 0.15) is 6.17 Å². The van der Waals surface area contributed by atoms with Crippen LogP contribution in [-0.4, -0.2) is 27.1 Å². The van der Waals surface area contributed by atoms with E-state index < -0.39 is 0 Å². The summed E-state index contributed by atoms with van der Waals surface area (Å²) in [6.07, 6.45) is 47.0. The average molecular weight is 861 g/mol. The summed E-state index contributed by atoms with van der Waals surface area (Å²) in [6.45, 7) is 9.73. The molecule has 2 aromatic heterocycles. The largest absolute Gasteiger partial charge is 0.340 e. The first-order valence-electron chi connectivity index (χ1n) is 25.9. The first kappa shape index (κ1) is 42.7. The molecule has 9 atom stereocenters. The molecule has 11 rings (SSSR count). The van der Waals surface area contributed by atoms with E-state index in [1.54, 1.807) is 16.8 Å². The number of para-hydroxylation sites is 2. The van der Waals surface area contributed by atoms with Gasteiger partial charge in [0.25, 0.3) is 0 Å². The maximum Gasteiger partial charge on any atom is 0.108 e. The minimum Gasteiger partial charge on any atom is -0.340 e. The molecule has 7 aliphatic carbocycles. The molecular formula is C61H72N4. The summed E-state index contributed by atoms with van der Waals surface area (Å²) in [6, 6.07) is 19.5. The van der Waals surface area contributed by atoms with Crippen molar-refractivity contribution in [3.05, 3.63) is 154 Å². The highest BCUT2D eigenvalue weighted by molar-refractivity contribution is 5.98. The maximum absolute atomic E-state index is 6.03. The first-order valence-corrected chi connectivity index (χ1v) is 25.9. The lowest BCUT2D eigenvalue weighted by molar-refractivity contribution is 0.122. The molecule has 1 saturated carbocycles. The molecule has 0 spiro atoms. The fraction of sp³-hybridized carbons (Fsp3) is 0.459. The van der Waals surface area contributed by atoms with Crippen LogP contribution < -0.4 is 5.32 Å². The van der Waals surface area contributed by atoms with Crippen LogP contribution in [0.4, 0.5) is 0 Å². The van der Waals surface area contributed by atoms with Crippen molar-refractivity contribution < 1.29 is 0 Å². The van der Waals surface area contributed by atoms with Crippen LogP contribution in [0.25, 0.3) is 34.0 Å². The molecule has 4 nitrogen and oxygen atoms in total. The van der Waals surface area contributed by atoms with Crippen molar-refractivity contribution in [3.8, 4) is 0 Å². The Balaban J connectivity index is 1.06. The van der Waals surface area contributed by atoms with Gasteiger partial charge in [-0.1, -0.05) is 127 Å². The second-order valence-corrected chi connectivity index (χ2v) is 20.9. The molecule has 0 amide bonds. The molecule has 0 saturated heterocycles. The molecule has 4 aromatic rings. The number of allylic oxidation sites excluding steroid dienone is 13. The number of benzene rings is 2. The third kappa shape index (κ3) is 7.80. The van der Waals surface area contributed by atoms with Crippen molar-refractivity contribution in [2.75, 3.05) is 0 Å². The van der Waals surface area contributed by atoms with E-state index in [0.717, 1.165) is 51.4 Å². The highest BCUT2D eigenvalue weighted by Gasteiger charge is 2.46. The molecule has 0 radical (unpaired) electrons. The molecule has 65 heavy (non-hydrogen) atoms. The predicted molar refractivity (Wildman–Crippen MR) is 276 cm³/mol. The lowest BCUT2D eigenvalue weighted by Crippen LogP contribution is -2.51. The van der Waals surface area contributed by atoms with E-state index in [9.17, 15) is 0 Å². The molecule has 336 valence electrons. The minimum absolute atomic E-state index is 0.0777. The number of aromatic nitrogens is 2. The van der Waals surface area contributed by atoms with Gasteiger partial charge in [-0.15, -0.1) is 0 Å². The molecular weight excluding hydrogens is 789 g/mol. The van der Waals surface area contributed by atoms with E-state index in [2.05, 4.69) is 164 Å². The van der Waals surface area contributed by atoms with Gasteiger partial charge in [-0.25, -0.2) is 0 Å². The Bertz CT molecular complexity index is 2730. The zero-order chi connectivity index (χ0) is 44.0. The number of aliphatic imine (C=N–C) groups is 1. The highest BCUT2D eigenvalue weighted by Crippen LogP contribution is 2.52. The average Bonchev–Trinajstić information content (AvgIpc) is 3.86. The van der Waals surface area contributed by atoms with Crippen LogP contribution >= 0.6 is 0 Å². The van der Waals surface area contributed by atoms with Crippen LogP contribution in [-0.2, 0) is 12.8 Å². The first-order chi connectivity index (χ1) is 32.0. The van der Waals surface area contributed by atoms with Crippen LogP contribution in [0, 0.1) is 29.6 Å². The van der Waals surface area contributed by atoms with Gasteiger partial charge >= 0.3 is 0 Å². The zero-order valence-electron chi connectivity index (χ0n) is 39.7. The third-order valence-electron chi connectivity index (χ3n) is 17.3. The van der Waals surface area contributed by atoms with Crippen molar-refractivity contribution in [1.82, 2.24) is 14.5 Å². The molecule has 2 heterocycles. The monoisotopic (exact) mass is 861 g/mol. The Morgan fingerprint density at radius 3 is 2.08 bits per heavy atom. The van der Waals surface area contributed by atoms with Crippen LogP contribution in [0.2, 0.25) is 0 Å². The van der Waals surface area contributed by atoms with E-state index in [1.165, 1.54) is 100 Å². The molecule has 4 heteroatoms. The number of fused-ring (bicyclic) bond motifs is 6. The van der Waals surface area contributed by atoms with Crippen molar-refractivity contribution in [3.63, 3.8) is 0 Å². The van der Waals surface area contributed by atoms with Crippen LogP contribution in [0.5, 0.6) is 0 Å². The van der Waals surface area contributed by atoms with E-state index in [0.29, 0.717) is 29.7 Å². The van der Waals surface area contributed by atoms with Crippen molar-refractivity contribution in [2.24, 2.45) is 34.6 Å². The molecule has 0 bridgehead atoms. The van der Waals surface area contributed by atoms with Gasteiger partial charge in [0.05, 0.1) is 0 Å². The van der Waals surface area contributed by atoms with E-state index >= 15 is 0 Å². The topological polar surface area (TPSA) is 34.2 Å². The summed E-state index contributed by atoms with van der Waals surface area (Å²) in [4.78, 5) is 6.03. The lowest BCUT2D eigenvalue weighted by atomic mass is 9.68. The van der Waals surface area contributed by atoms with Gasteiger partial charge in [-0.05, 0) is 159 Å². The molecule has 9 unspecified atom stereocenters. The fourth-order valence-electron chi connectivity index (χ4n) is 14.1. The number of hydrogen-bond acceptors (Lipinski definition) is 2. The summed E-state index contributed by atoms with van der Waals surface area (Å²) >= 11 is 0. The number of rotatable bonds is 10. The Hall–Kier alpha value is -4.93. The van der Waals surface area contributed by atoms with Gasteiger partial charge in [0.15, 0.2) is 0 Å². The van der Waals surface area contributed by atoms with Crippen LogP contribution in [0.3, 0.4) is 0 Å². The second-order valence-electron chi connectivity index (χ2n) is 20.9. The number of nitrogens with one attached hydrogen (secondary N) is 1. The summed E-state index contributed by atoms with van der Waals surface area (Å²) in [5, 5.41) is 7.38. The summed E-state index contributed by atoms with van der Waals surface area (Å²) in [5.41, 5.74) is 16.3. The predicted octanol–water partition coefficient (Wildman–Crippen LogP) is 15.4. The van der Waals surface area contributed by atoms with Gasteiger partial charge in [-0.2, -0.15) is 0 Å². The molecule has 7 aliphatic rings. The third-order valence-corrected chi connectivity index (χ3v) is 17.3. The van der Waals surface area contributed by atoms with Gasteiger partial charge < -0.3 is 9.13 Å². The highest BCUT2D eigenvalue weighted by atomic mass is 15.2. The van der Waals surface area contributed by atoms with Crippen molar-refractivity contribution in [1.29, 1.82) is 0 Å². The second kappa shape index (κ2) is 18.4. The van der Waals surface area contributed by atoms with Crippen molar-refractivity contribution >= 4 is 39.7 Å². The van der Waals surface area contributed by atoms with Gasteiger partial charge in [0.2, 0.25) is 0 Å². The number of nitrogens with zero attached hydrogens (tertiary/aromatic N) is 3. The normalized spacial score (nSPS) is 28.9. The minimum atomic E-state index is -0.0777. The van der Waals surface area contributed by atoms with E-state index in [1.807, 2.05) is 0 Å². The lowest BCUT2D eigenvalue weighted by Gasteiger charge is -2.47. The molecule has 1 fully saturated rings. The van der Waals surface area contributed by atoms with E-state index in [4.69, 9.17) is 4.99 Å². The van der Waals surface area contributed by atoms with Gasteiger partial charge in [0, 0.05) is 80.0 Å². The Morgan fingerprint density at radius 2 is 1.38 bits per heavy atom. The van der Waals surface area contributed by atoms with Crippen LogP contribution in [0.15, 0.2) is 137 Å². The molecule has 0 aliphatic heterocycles. The molecule has 1 N–H and O–H groups in total. The number of hydrogen-bond donors (Lipinski definition) is 1. The summed E-state index contributed by atoms with van der Waals surface area (Å²) in [7, 11) is 0. The maximum atomic E-state index is 6.03. The van der Waals surface area contributed by atoms with Gasteiger partial charge in [-0.3, -0.25) is 10.3 Å². The Morgan fingerprint density at radius 1 is 0.692 bits per heavy atom. The summed E-state index contributed by atoms with van der Waals surface area (Å²) < 4.78 is 5.77.